The van der Waals surface area contributed by atoms with Gasteiger partial charge in [-0.15, -0.1) is 0 Å². The molecule has 2 aliphatic rings. The van der Waals surface area contributed by atoms with E-state index in [-0.39, 0.29) is 3.59 Å². The summed E-state index contributed by atoms with van der Waals surface area (Å²) in [4.78, 5) is 0. The number of benzene rings is 1. The van der Waals surface area contributed by atoms with Crippen LogP contribution in [0.4, 0.5) is 0 Å². The van der Waals surface area contributed by atoms with Gasteiger partial charge in [0.1, 0.15) is 0 Å². The monoisotopic (exact) mass is 471 g/mol. The molecule has 0 radical (unpaired) electrons. The van der Waals surface area contributed by atoms with Gasteiger partial charge in [0, 0.05) is 0 Å². The van der Waals surface area contributed by atoms with Gasteiger partial charge in [0.2, 0.25) is 0 Å². The summed E-state index contributed by atoms with van der Waals surface area (Å²) in [5.74, 6) is 0.604. The van der Waals surface area contributed by atoms with Crippen molar-refractivity contribution in [1.29, 1.82) is 0 Å². The Kier molecular flexibility index (Phi) is 7.48. The van der Waals surface area contributed by atoms with E-state index < -0.39 is 7.26 Å². The first-order chi connectivity index (χ1) is 12.1. The van der Waals surface area contributed by atoms with Gasteiger partial charge in [-0.2, -0.15) is 0 Å². The summed E-state index contributed by atoms with van der Waals surface area (Å²) in [6, 6.07) is 9.74. The topological polar surface area (TPSA) is 0 Å². The normalized spacial score (nSPS) is 23.0. The molecule has 0 spiro atoms. The number of hydrogen-bond acceptors (Lipinski definition) is 0. The molecule has 0 aliphatic heterocycles. The number of alkyl halides is 1. The summed E-state index contributed by atoms with van der Waals surface area (Å²) in [5.41, 5.74) is 3.19. The molecule has 2 saturated carbocycles. The molecule has 1 aromatic carbocycles. The minimum atomic E-state index is -1.81. The van der Waals surface area contributed by atoms with Crippen LogP contribution in [0, 0.1) is 0 Å². The van der Waals surface area contributed by atoms with Crippen molar-refractivity contribution in [2.24, 2.45) is 0 Å². The van der Waals surface area contributed by atoms with Crippen LogP contribution in [0.2, 0.25) is 0 Å². The maximum absolute atomic E-state index is 7.10. The molecule has 1 atom stereocenters. The standard InChI is InChI=1S/C22H35ClP.Pd/c1-18(2)19-13-15-22(16-14-19)24(17-23,20-9-5-3-6-10-20)21-11-7-4-8-12-21;/h13-18,20-21,24H,3-12H2,1-2H3;. The van der Waals surface area contributed by atoms with Crippen LogP contribution >= 0.6 is 18.9 Å². The van der Waals surface area contributed by atoms with Gasteiger partial charge in [-0.1, -0.05) is 0 Å². The Morgan fingerprint density at radius 1 is 0.840 bits per heavy atom. The fourth-order valence-electron chi connectivity index (χ4n) is 5.56. The van der Waals surface area contributed by atoms with Crippen LogP contribution in [0.5, 0.6) is 0 Å². The summed E-state index contributed by atoms with van der Waals surface area (Å²) < 4.78 is 0.201. The van der Waals surface area contributed by atoms with Gasteiger partial charge in [-0.05, 0) is 0 Å². The van der Waals surface area contributed by atoms with E-state index in [1.807, 2.05) is 0 Å². The molecule has 0 bridgehead atoms. The van der Waals surface area contributed by atoms with Crippen molar-refractivity contribution in [3.63, 3.8) is 0 Å². The van der Waals surface area contributed by atoms with Gasteiger partial charge >= 0.3 is 172 Å². The molecule has 1 aromatic rings. The fourth-order valence-corrected chi connectivity index (χ4v) is 16.0. The number of rotatable bonds is 5. The van der Waals surface area contributed by atoms with Crippen LogP contribution < -0.4 is 5.30 Å². The van der Waals surface area contributed by atoms with E-state index in [2.05, 4.69) is 57.3 Å². The van der Waals surface area contributed by atoms with Crippen molar-refractivity contribution in [2.45, 2.75) is 98.9 Å². The number of halogens is 1. The average Bonchev–Trinajstić information content (AvgIpc) is 2.64. The van der Waals surface area contributed by atoms with Crippen molar-refractivity contribution < 1.29 is 19.2 Å². The molecule has 3 heteroatoms. The predicted molar refractivity (Wildman–Crippen MR) is 112 cm³/mol. The third-order valence-corrected chi connectivity index (χ3v) is 16.1. The molecule has 0 N–H and O–H groups in total. The average molecular weight is 472 g/mol. The summed E-state index contributed by atoms with van der Waals surface area (Å²) >= 11 is 10.8. The molecule has 3 rings (SSSR count). The Hall–Kier alpha value is 0.602. The molecule has 0 saturated heterocycles. The van der Waals surface area contributed by atoms with E-state index in [9.17, 15) is 0 Å². The molecule has 2 aliphatic carbocycles. The Bertz CT molecular complexity index is 509. The Balaban J connectivity index is 2.04. The maximum atomic E-state index is 7.10. The van der Waals surface area contributed by atoms with E-state index in [0.717, 1.165) is 11.3 Å². The molecule has 0 amide bonds. The van der Waals surface area contributed by atoms with E-state index in [1.54, 1.807) is 5.30 Å². The van der Waals surface area contributed by atoms with Gasteiger partial charge in [-0.25, -0.2) is 0 Å². The molecule has 0 heterocycles. The van der Waals surface area contributed by atoms with E-state index in [0.29, 0.717) is 5.92 Å². The second-order valence-corrected chi connectivity index (χ2v) is 16.3. The Morgan fingerprint density at radius 2 is 1.28 bits per heavy atom. The summed E-state index contributed by atoms with van der Waals surface area (Å²) in [7, 11) is -1.81. The van der Waals surface area contributed by atoms with Gasteiger partial charge in [0.05, 0.1) is 0 Å². The Labute approximate surface area is 171 Å². The van der Waals surface area contributed by atoms with Crippen LogP contribution in [0.15, 0.2) is 24.3 Å². The van der Waals surface area contributed by atoms with E-state index in [1.165, 1.54) is 69.8 Å². The van der Waals surface area contributed by atoms with Gasteiger partial charge < -0.3 is 0 Å². The second-order valence-electron chi connectivity index (χ2n) is 8.65. The van der Waals surface area contributed by atoms with Crippen molar-refractivity contribution in [2.75, 3.05) is 0 Å². The van der Waals surface area contributed by atoms with E-state index in [4.69, 9.17) is 11.6 Å². The zero-order valence-corrected chi connectivity index (χ0v) is 19.2. The van der Waals surface area contributed by atoms with Crippen molar-refractivity contribution in [3.05, 3.63) is 29.8 Å². The molecular weight excluding hydrogens is 437 g/mol. The zero-order valence-electron chi connectivity index (χ0n) is 15.9. The quantitative estimate of drug-likeness (QED) is 0.248. The van der Waals surface area contributed by atoms with Crippen molar-refractivity contribution >= 4 is 24.2 Å². The summed E-state index contributed by atoms with van der Waals surface area (Å²) in [6.07, 6.45) is 14.2. The van der Waals surface area contributed by atoms with Crippen molar-refractivity contribution in [1.82, 2.24) is 0 Å². The predicted octanol–water partition coefficient (Wildman–Crippen LogP) is 6.92. The van der Waals surface area contributed by atoms with Gasteiger partial charge in [0.15, 0.2) is 0 Å². The first-order valence-corrected chi connectivity index (χ1v) is 14.0. The van der Waals surface area contributed by atoms with Gasteiger partial charge in [-0.3, -0.25) is 0 Å². The van der Waals surface area contributed by atoms with E-state index >= 15 is 0 Å². The molecule has 0 nitrogen and oxygen atoms in total. The SMILES string of the molecule is CC(C)c1ccc([PH]([CH](Cl)[Pd])(C2CCCCC2)C2CCCCC2)cc1. The zero-order chi connectivity index (χ0) is 17.9. The first-order valence-electron chi connectivity index (χ1n) is 10.4. The third kappa shape index (κ3) is 4.22. The van der Waals surface area contributed by atoms with Crippen LogP contribution in [0.3, 0.4) is 0 Å². The van der Waals surface area contributed by atoms with Gasteiger partial charge in [0.25, 0.3) is 0 Å². The van der Waals surface area contributed by atoms with Crippen LogP contribution in [-0.4, -0.2) is 14.9 Å². The molecule has 2 fully saturated rings. The number of hydrogen-bond donors (Lipinski definition) is 0. The summed E-state index contributed by atoms with van der Waals surface area (Å²) in [5, 5.41) is 1.64. The Morgan fingerprint density at radius 3 is 1.64 bits per heavy atom. The second kappa shape index (κ2) is 9.20. The molecule has 145 valence electrons. The summed E-state index contributed by atoms with van der Waals surface area (Å²) in [6.45, 7) is 4.58. The molecule has 0 aromatic heterocycles. The fraction of sp³-hybridized carbons (Fsp3) is 0.727. The van der Waals surface area contributed by atoms with Crippen LogP contribution in [0.25, 0.3) is 0 Å². The van der Waals surface area contributed by atoms with Crippen molar-refractivity contribution in [3.8, 4) is 0 Å². The van der Waals surface area contributed by atoms with Crippen LogP contribution in [-0.2, 0) is 19.2 Å². The molecule has 25 heavy (non-hydrogen) atoms. The molecule has 1 unspecified atom stereocenters. The third-order valence-electron chi connectivity index (χ3n) is 6.97. The minimum absolute atomic E-state index is 0.201. The van der Waals surface area contributed by atoms with Crippen LogP contribution in [0.1, 0.15) is 89.5 Å². The molecular formula is C22H35ClPPd. The first kappa shape index (κ1) is 20.3.